The molecule has 0 bridgehead atoms. The van der Waals surface area contributed by atoms with Gasteiger partial charge in [-0.05, 0) is 24.4 Å². The zero-order chi connectivity index (χ0) is 13.9. The minimum atomic E-state index is -0.102. The van der Waals surface area contributed by atoms with Gasteiger partial charge in [-0.15, -0.1) is 0 Å². The highest BCUT2D eigenvalue weighted by molar-refractivity contribution is 6.05. The van der Waals surface area contributed by atoms with E-state index in [4.69, 9.17) is 10.2 Å². The number of nitrogens with two attached hydrogens (primary N) is 1. The first-order valence-corrected chi connectivity index (χ1v) is 6.48. The Morgan fingerprint density at radius 2 is 2.11 bits per heavy atom. The van der Waals surface area contributed by atoms with Gasteiger partial charge in [0.1, 0.15) is 11.8 Å². The van der Waals surface area contributed by atoms with Crippen LogP contribution in [0, 0.1) is 5.41 Å². The van der Waals surface area contributed by atoms with Crippen molar-refractivity contribution in [2.45, 2.75) is 20.3 Å². The third-order valence-corrected chi connectivity index (χ3v) is 3.27. The third kappa shape index (κ3) is 3.15. The number of carbonyl (C=O) groups is 1. The Hall–Kier alpha value is -1.81. The molecular formula is C15H20N2O2. The lowest BCUT2D eigenvalue weighted by molar-refractivity contribution is 0.0936. The number of fused-ring (bicyclic) bond motifs is 1. The minimum absolute atomic E-state index is 0.00392. The number of hydrogen-bond acceptors (Lipinski definition) is 3. The second-order valence-corrected chi connectivity index (χ2v) is 5.53. The summed E-state index contributed by atoms with van der Waals surface area (Å²) in [7, 11) is 0. The molecule has 0 radical (unpaired) electrons. The number of para-hydroxylation sites is 1. The zero-order valence-corrected chi connectivity index (χ0v) is 11.4. The maximum absolute atomic E-state index is 12.2. The van der Waals surface area contributed by atoms with Crippen molar-refractivity contribution in [2.75, 3.05) is 13.1 Å². The smallest absolute Gasteiger partial charge is 0.255 e. The first-order chi connectivity index (χ1) is 9.03. The van der Waals surface area contributed by atoms with Crippen molar-refractivity contribution < 1.29 is 9.21 Å². The van der Waals surface area contributed by atoms with Crippen LogP contribution in [0.5, 0.6) is 0 Å². The van der Waals surface area contributed by atoms with Crippen LogP contribution >= 0.6 is 0 Å². The molecule has 0 aliphatic carbocycles. The van der Waals surface area contributed by atoms with Gasteiger partial charge in [-0.2, -0.15) is 0 Å². The van der Waals surface area contributed by atoms with E-state index in [9.17, 15) is 4.79 Å². The quantitative estimate of drug-likeness (QED) is 0.868. The topological polar surface area (TPSA) is 68.3 Å². The van der Waals surface area contributed by atoms with E-state index in [1.165, 1.54) is 6.26 Å². The summed E-state index contributed by atoms with van der Waals surface area (Å²) >= 11 is 0. The molecule has 0 unspecified atom stereocenters. The summed E-state index contributed by atoms with van der Waals surface area (Å²) in [6, 6.07) is 7.52. The average molecular weight is 260 g/mol. The van der Waals surface area contributed by atoms with Crippen molar-refractivity contribution >= 4 is 16.9 Å². The highest BCUT2D eigenvalue weighted by Crippen LogP contribution is 2.22. The lowest BCUT2D eigenvalue weighted by Gasteiger charge is -2.23. The Balaban J connectivity index is 2.08. The van der Waals surface area contributed by atoms with Crippen LogP contribution in [0.2, 0.25) is 0 Å². The lowest BCUT2D eigenvalue weighted by Crippen LogP contribution is -2.35. The number of carbonyl (C=O) groups excluding carboxylic acids is 1. The van der Waals surface area contributed by atoms with Crippen molar-refractivity contribution in [1.82, 2.24) is 5.32 Å². The predicted octanol–water partition coefficient (Wildman–Crippen LogP) is 2.54. The fourth-order valence-electron chi connectivity index (χ4n) is 2.05. The van der Waals surface area contributed by atoms with Crippen LogP contribution in [0.4, 0.5) is 0 Å². The molecule has 0 fully saturated rings. The molecule has 0 saturated heterocycles. The van der Waals surface area contributed by atoms with Gasteiger partial charge in [0.2, 0.25) is 0 Å². The summed E-state index contributed by atoms with van der Waals surface area (Å²) in [4.78, 5) is 12.2. The maximum Gasteiger partial charge on any atom is 0.255 e. The molecule has 1 heterocycles. The predicted molar refractivity (Wildman–Crippen MR) is 76.0 cm³/mol. The number of nitrogens with one attached hydrogen (secondary N) is 1. The fourth-order valence-corrected chi connectivity index (χ4v) is 2.05. The molecule has 2 aromatic rings. The summed E-state index contributed by atoms with van der Waals surface area (Å²) in [5, 5.41) is 3.79. The second kappa shape index (κ2) is 5.45. The van der Waals surface area contributed by atoms with Gasteiger partial charge in [-0.1, -0.05) is 32.0 Å². The van der Waals surface area contributed by atoms with E-state index in [1.807, 2.05) is 24.3 Å². The molecule has 0 atom stereocenters. The minimum Gasteiger partial charge on any atom is -0.463 e. The molecule has 0 spiro atoms. The molecule has 1 amide bonds. The summed E-state index contributed by atoms with van der Waals surface area (Å²) in [5.74, 6) is -0.102. The number of benzene rings is 1. The maximum atomic E-state index is 12.2. The van der Waals surface area contributed by atoms with Crippen molar-refractivity contribution in [3.05, 3.63) is 36.1 Å². The molecular weight excluding hydrogens is 240 g/mol. The van der Waals surface area contributed by atoms with E-state index in [0.717, 1.165) is 17.4 Å². The van der Waals surface area contributed by atoms with Crippen LogP contribution in [-0.2, 0) is 0 Å². The highest BCUT2D eigenvalue weighted by Gasteiger charge is 2.19. The molecule has 4 nitrogen and oxygen atoms in total. The van der Waals surface area contributed by atoms with Crippen LogP contribution in [0.1, 0.15) is 30.6 Å². The molecule has 0 aliphatic rings. The number of hydrogen-bond donors (Lipinski definition) is 2. The Morgan fingerprint density at radius 3 is 2.84 bits per heavy atom. The van der Waals surface area contributed by atoms with E-state index < -0.39 is 0 Å². The molecule has 1 aromatic carbocycles. The van der Waals surface area contributed by atoms with E-state index in [0.29, 0.717) is 18.7 Å². The van der Waals surface area contributed by atoms with Gasteiger partial charge in [-0.25, -0.2) is 0 Å². The Morgan fingerprint density at radius 1 is 1.37 bits per heavy atom. The molecule has 3 N–H and O–H groups in total. The van der Waals surface area contributed by atoms with Gasteiger partial charge in [0, 0.05) is 11.9 Å². The van der Waals surface area contributed by atoms with Gasteiger partial charge >= 0.3 is 0 Å². The van der Waals surface area contributed by atoms with Crippen LogP contribution in [0.3, 0.4) is 0 Å². The van der Waals surface area contributed by atoms with Crippen molar-refractivity contribution in [3.8, 4) is 0 Å². The van der Waals surface area contributed by atoms with E-state index in [-0.39, 0.29) is 11.3 Å². The molecule has 0 saturated carbocycles. The molecule has 0 aliphatic heterocycles. The second-order valence-electron chi connectivity index (χ2n) is 5.53. The van der Waals surface area contributed by atoms with E-state index in [2.05, 4.69) is 19.2 Å². The van der Waals surface area contributed by atoms with Crippen molar-refractivity contribution in [1.29, 1.82) is 0 Å². The molecule has 2 rings (SSSR count). The largest absolute Gasteiger partial charge is 0.463 e. The monoisotopic (exact) mass is 260 g/mol. The molecule has 102 valence electrons. The number of rotatable bonds is 5. The molecule has 1 aromatic heterocycles. The third-order valence-electron chi connectivity index (χ3n) is 3.27. The fraction of sp³-hybridized carbons (Fsp3) is 0.400. The van der Waals surface area contributed by atoms with Crippen LogP contribution in [0.15, 0.2) is 34.9 Å². The summed E-state index contributed by atoms with van der Waals surface area (Å²) in [5.41, 5.74) is 6.88. The highest BCUT2D eigenvalue weighted by atomic mass is 16.3. The normalized spacial score (nSPS) is 11.7. The van der Waals surface area contributed by atoms with E-state index in [1.54, 1.807) is 0 Å². The standard InChI is InChI=1S/C15H20N2O2/c1-15(2,7-8-16)10-17-14(18)12-9-19-13-6-4-3-5-11(12)13/h3-6,9H,7-8,10,16H2,1-2H3,(H,17,18). The van der Waals surface area contributed by atoms with Crippen molar-refractivity contribution in [3.63, 3.8) is 0 Å². The van der Waals surface area contributed by atoms with Gasteiger partial charge in [0.15, 0.2) is 0 Å². The SMILES string of the molecule is CC(C)(CCN)CNC(=O)c1coc2ccccc12. The summed E-state index contributed by atoms with van der Waals surface area (Å²) in [6.45, 7) is 5.40. The van der Waals surface area contributed by atoms with Gasteiger partial charge in [-0.3, -0.25) is 4.79 Å². The van der Waals surface area contributed by atoms with Gasteiger partial charge in [0.05, 0.1) is 5.56 Å². The lowest BCUT2D eigenvalue weighted by atomic mass is 9.89. The van der Waals surface area contributed by atoms with E-state index >= 15 is 0 Å². The Kier molecular flexibility index (Phi) is 3.90. The Labute approximate surface area is 113 Å². The molecule has 4 heteroatoms. The van der Waals surface area contributed by atoms with Crippen LogP contribution in [-0.4, -0.2) is 19.0 Å². The average Bonchev–Trinajstić information content (AvgIpc) is 2.80. The van der Waals surface area contributed by atoms with Gasteiger partial charge < -0.3 is 15.5 Å². The van der Waals surface area contributed by atoms with Crippen LogP contribution in [0.25, 0.3) is 11.0 Å². The zero-order valence-electron chi connectivity index (χ0n) is 11.4. The van der Waals surface area contributed by atoms with Gasteiger partial charge in [0.25, 0.3) is 5.91 Å². The number of amides is 1. The van der Waals surface area contributed by atoms with Crippen LogP contribution < -0.4 is 11.1 Å². The number of furan rings is 1. The first-order valence-electron chi connectivity index (χ1n) is 6.48. The molecule has 19 heavy (non-hydrogen) atoms. The summed E-state index contributed by atoms with van der Waals surface area (Å²) < 4.78 is 5.37. The van der Waals surface area contributed by atoms with Crippen molar-refractivity contribution in [2.24, 2.45) is 11.1 Å². The summed E-state index contributed by atoms with van der Waals surface area (Å²) in [6.07, 6.45) is 2.38. The first kappa shape index (κ1) is 13.6. The Bertz CT molecular complexity index is 572.